The van der Waals surface area contributed by atoms with Crippen LogP contribution in [0.3, 0.4) is 0 Å². The normalized spacial score (nSPS) is 10.6. The zero-order chi connectivity index (χ0) is 12.8. The number of alkyl halides is 2. The molecule has 0 radical (unpaired) electrons. The Morgan fingerprint density at radius 1 is 1.53 bits per heavy atom. The lowest BCUT2D eigenvalue weighted by Crippen LogP contribution is -2.10. The van der Waals surface area contributed by atoms with Crippen LogP contribution in [-0.2, 0) is 6.54 Å². The van der Waals surface area contributed by atoms with Crippen molar-refractivity contribution in [3.8, 4) is 5.75 Å². The van der Waals surface area contributed by atoms with Crippen LogP contribution >= 0.6 is 0 Å². The first-order valence-corrected chi connectivity index (χ1v) is 4.87. The highest BCUT2D eigenvalue weighted by Gasteiger charge is 2.17. The van der Waals surface area contributed by atoms with Gasteiger partial charge in [-0.1, -0.05) is 6.07 Å². The molecule has 7 heteroatoms. The Bertz CT molecular complexity index is 399. The third kappa shape index (κ3) is 3.95. The Kier molecular flexibility index (Phi) is 4.77. The number of hydrogen-bond donors (Lipinski definition) is 1. The van der Waals surface area contributed by atoms with E-state index < -0.39 is 18.0 Å². The van der Waals surface area contributed by atoms with Gasteiger partial charge >= 0.3 is 5.69 Å². The molecule has 1 aromatic rings. The smallest absolute Gasteiger partial charge is 0.310 e. The molecule has 94 valence electrons. The maximum Gasteiger partial charge on any atom is 0.310 e. The minimum absolute atomic E-state index is 0.136. The van der Waals surface area contributed by atoms with Crippen molar-refractivity contribution in [2.24, 2.45) is 0 Å². The molecule has 0 aliphatic heterocycles. The van der Waals surface area contributed by atoms with Crippen molar-refractivity contribution in [1.82, 2.24) is 5.32 Å². The van der Waals surface area contributed by atoms with Crippen LogP contribution < -0.4 is 10.1 Å². The molecule has 0 aliphatic carbocycles. The van der Waals surface area contributed by atoms with Gasteiger partial charge in [-0.05, 0) is 18.7 Å². The summed E-state index contributed by atoms with van der Waals surface area (Å²) < 4.78 is 28.7. The van der Waals surface area contributed by atoms with Gasteiger partial charge in [0.1, 0.15) is 6.61 Å². The fourth-order valence-electron chi connectivity index (χ4n) is 1.29. The van der Waals surface area contributed by atoms with Gasteiger partial charge in [0.05, 0.1) is 4.92 Å². The summed E-state index contributed by atoms with van der Waals surface area (Å²) in [6.07, 6.45) is -2.66. The van der Waals surface area contributed by atoms with Crippen LogP contribution in [0.4, 0.5) is 14.5 Å². The van der Waals surface area contributed by atoms with Crippen molar-refractivity contribution >= 4 is 5.69 Å². The van der Waals surface area contributed by atoms with E-state index in [1.807, 2.05) is 0 Å². The van der Waals surface area contributed by atoms with Crippen LogP contribution in [0.25, 0.3) is 0 Å². The van der Waals surface area contributed by atoms with Gasteiger partial charge < -0.3 is 10.1 Å². The Morgan fingerprint density at radius 3 is 2.76 bits per heavy atom. The lowest BCUT2D eigenvalue weighted by molar-refractivity contribution is -0.386. The number of ether oxygens (including phenoxy) is 1. The highest BCUT2D eigenvalue weighted by atomic mass is 19.3. The maximum absolute atomic E-state index is 12.0. The molecule has 1 aromatic carbocycles. The molecule has 0 heterocycles. The van der Waals surface area contributed by atoms with E-state index >= 15 is 0 Å². The summed E-state index contributed by atoms with van der Waals surface area (Å²) in [4.78, 5) is 10.00. The van der Waals surface area contributed by atoms with Gasteiger partial charge in [-0.25, -0.2) is 8.78 Å². The van der Waals surface area contributed by atoms with Crippen LogP contribution in [0.15, 0.2) is 18.2 Å². The number of nitrogens with zero attached hydrogens (tertiary/aromatic N) is 1. The summed E-state index contributed by atoms with van der Waals surface area (Å²) in [6, 6.07) is 4.17. The minimum Gasteiger partial charge on any atom is -0.481 e. The molecule has 0 unspecified atom stereocenters. The summed E-state index contributed by atoms with van der Waals surface area (Å²) >= 11 is 0. The molecule has 0 spiro atoms. The average Bonchev–Trinajstić information content (AvgIpc) is 2.26. The summed E-state index contributed by atoms with van der Waals surface area (Å²) in [6.45, 7) is -0.382. The molecule has 0 saturated carbocycles. The van der Waals surface area contributed by atoms with Gasteiger partial charge in [0, 0.05) is 12.6 Å². The Hall–Kier alpha value is -1.76. The van der Waals surface area contributed by atoms with Crippen LogP contribution in [0.1, 0.15) is 5.56 Å². The molecule has 0 fully saturated rings. The molecule has 5 nitrogen and oxygen atoms in total. The lowest BCUT2D eigenvalue weighted by Gasteiger charge is -2.08. The summed E-state index contributed by atoms with van der Waals surface area (Å²) in [5.41, 5.74) is 0.410. The van der Waals surface area contributed by atoms with Gasteiger partial charge in [0.15, 0.2) is 5.75 Å². The molecule has 1 N–H and O–H groups in total. The maximum atomic E-state index is 12.0. The first kappa shape index (κ1) is 13.3. The molecule has 0 saturated heterocycles. The average molecular weight is 246 g/mol. The number of halogens is 2. The molecule has 0 aromatic heterocycles. The van der Waals surface area contributed by atoms with Crippen LogP contribution in [0.2, 0.25) is 0 Å². The van der Waals surface area contributed by atoms with E-state index in [4.69, 9.17) is 4.74 Å². The van der Waals surface area contributed by atoms with E-state index in [1.54, 1.807) is 13.1 Å². The van der Waals surface area contributed by atoms with Crippen molar-refractivity contribution in [3.63, 3.8) is 0 Å². The van der Waals surface area contributed by atoms with Gasteiger partial charge in [0.25, 0.3) is 6.43 Å². The van der Waals surface area contributed by atoms with E-state index in [1.165, 1.54) is 12.1 Å². The van der Waals surface area contributed by atoms with E-state index in [9.17, 15) is 18.9 Å². The second-order valence-electron chi connectivity index (χ2n) is 3.29. The zero-order valence-corrected chi connectivity index (χ0v) is 9.15. The number of rotatable bonds is 6. The fraction of sp³-hybridized carbons (Fsp3) is 0.400. The molecule has 0 bridgehead atoms. The Morgan fingerprint density at radius 2 is 2.24 bits per heavy atom. The highest BCUT2D eigenvalue weighted by Crippen LogP contribution is 2.28. The van der Waals surface area contributed by atoms with Crippen molar-refractivity contribution in [1.29, 1.82) is 0 Å². The first-order chi connectivity index (χ1) is 8.04. The van der Waals surface area contributed by atoms with E-state index in [2.05, 4.69) is 5.32 Å². The van der Waals surface area contributed by atoms with Gasteiger partial charge in [-0.15, -0.1) is 0 Å². The third-order valence-corrected chi connectivity index (χ3v) is 1.97. The predicted molar refractivity (Wildman–Crippen MR) is 57.4 cm³/mol. The number of benzene rings is 1. The predicted octanol–water partition coefficient (Wildman–Crippen LogP) is 1.96. The lowest BCUT2D eigenvalue weighted by atomic mass is 10.2. The summed E-state index contributed by atoms with van der Waals surface area (Å²) in [5.74, 6) is -0.136. The largest absolute Gasteiger partial charge is 0.481 e. The molecule has 17 heavy (non-hydrogen) atoms. The number of nitro groups is 1. The van der Waals surface area contributed by atoms with E-state index in [-0.39, 0.29) is 11.4 Å². The second-order valence-corrected chi connectivity index (χ2v) is 3.29. The second kappa shape index (κ2) is 6.09. The Labute approximate surface area is 96.5 Å². The first-order valence-electron chi connectivity index (χ1n) is 4.87. The SMILES string of the molecule is CNCc1ccc([N+](=O)[O-])c(OCC(F)F)c1. The quantitative estimate of drug-likeness (QED) is 0.615. The number of nitrogens with one attached hydrogen (secondary N) is 1. The highest BCUT2D eigenvalue weighted by molar-refractivity contribution is 5.48. The number of nitro benzene ring substituents is 1. The fourth-order valence-corrected chi connectivity index (χ4v) is 1.29. The molecular formula is C10H12F2N2O3. The minimum atomic E-state index is -2.66. The van der Waals surface area contributed by atoms with Crippen LogP contribution in [0, 0.1) is 10.1 Å². The van der Waals surface area contributed by atoms with Crippen LogP contribution in [0.5, 0.6) is 5.75 Å². The van der Waals surface area contributed by atoms with Gasteiger partial charge in [-0.2, -0.15) is 0 Å². The molecule has 0 atom stereocenters. The third-order valence-electron chi connectivity index (χ3n) is 1.97. The standard InChI is InChI=1S/C10H12F2N2O3/c1-13-5-7-2-3-8(14(15)16)9(4-7)17-6-10(11)12/h2-4,10,13H,5-6H2,1H3. The number of hydrogen-bond acceptors (Lipinski definition) is 4. The molecule has 1 rings (SSSR count). The van der Waals surface area contributed by atoms with Crippen molar-refractivity contribution in [2.75, 3.05) is 13.7 Å². The van der Waals surface area contributed by atoms with Crippen molar-refractivity contribution < 1.29 is 18.4 Å². The van der Waals surface area contributed by atoms with Crippen LogP contribution in [-0.4, -0.2) is 25.0 Å². The molecule has 0 amide bonds. The van der Waals surface area contributed by atoms with E-state index in [0.29, 0.717) is 6.54 Å². The molecular weight excluding hydrogens is 234 g/mol. The molecule has 0 aliphatic rings. The van der Waals surface area contributed by atoms with Crippen molar-refractivity contribution in [3.05, 3.63) is 33.9 Å². The Balaban J connectivity index is 2.94. The topological polar surface area (TPSA) is 64.4 Å². The van der Waals surface area contributed by atoms with Gasteiger partial charge in [-0.3, -0.25) is 10.1 Å². The monoisotopic (exact) mass is 246 g/mol. The summed E-state index contributed by atoms with van der Waals surface area (Å²) in [7, 11) is 1.71. The van der Waals surface area contributed by atoms with Crippen molar-refractivity contribution in [2.45, 2.75) is 13.0 Å². The van der Waals surface area contributed by atoms with E-state index in [0.717, 1.165) is 5.56 Å². The van der Waals surface area contributed by atoms with Gasteiger partial charge in [0.2, 0.25) is 0 Å². The summed E-state index contributed by atoms with van der Waals surface area (Å²) in [5, 5.41) is 13.5. The zero-order valence-electron chi connectivity index (χ0n) is 9.15.